The second-order valence-corrected chi connectivity index (χ2v) is 8.68. The summed E-state index contributed by atoms with van der Waals surface area (Å²) in [4.78, 5) is 25.0. The van der Waals surface area contributed by atoms with Crippen molar-refractivity contribution in [2.24, 2.45) is 0 Å². The average Bonchev–Trinajstić information content (AvgIpc) is 2.80. The summed E-state index contributed by atoms with van der Waals surface area (Å²) >= 11 is 0. The van der Waals surface area contributed by atoms with E-state index in [2.05, 4.69) is 31.4 Å². The number of hydrogen-bond acceptors (Lipinski definition) is 4. The molecule has 0 spiro atoms. The highest BCUT2D eigenvalue weighted by Gasteiger charge is 2.14. The third-order valence-electron chi connectivity index (χ3n) is 5.09. The van der Waals surface area contributed by atoms with Crippen molar-refractivity contribution in [2.75, 3.05) is 31.0 Å². The lowest BCUT2D eigenvalue weighted by Crippen LogP contribution is -2.14. The van der Waals surface area contributed by atoms with E-state index in [1.165, 1.54) is 5.56 Å². The van der Waals surface area contributed by atoms with E-state index in [0.29, 0.717) is 41.5 Å². The minimum atomic E-state index is -0.228. The Bertz CT molecular complexity index is 1070. The van der Waals surface area contributed by atoms with Gasteiger partial charge in [0.05, 0.1) is 6.61 Å². The van der Waals surface area contributed by atoms with Crippen LogP contribution >= 0.6 is 0 Å². The standard InChI is InChI=1S/C27H30N2O4/c1-27(2,3)21-9-5-19(6-10-21)25(30)28-22-11-13-23(14-12-22)29-26(31)20-7-15-24(16-8-20)33-18-17-32-4/h5-16H,17-18H2,1-4H3,(H,28,30)(H,29,31). The maximum absolute atomic E-state index is 12.5. The fourth-order valence-corrected chi connectivity index (χ4v) is 3.11. The molecule has 0 aromatic heterocycles. The number of ether oxygens (including phenoxy) is 2. The summed E-state index contributed by atoms with van der Waals surface area (Å²) < 4.78 is 10.5. The molecule has 0 aliphatic rings. The van der Waals surface area contributed by atoms with Gasteiger partial charge in [-0.2, -0.15) is 0 Å². The number of benzene rings is 3. The number of amides is 2. The van der Waals surface area contributed by atoms with E-state index in [4.69, 9.17) is 9.47 Å². The van der Waals surface area contributed by atoms with E-state index < -0.39 is 0 Å². The molecule has 3 rings (SSSR count). The SMILES string of the molecule is COCCOc1ccc(C(=O)Nc2ccc(NC(=O)c3ccc(C(C)(C)C)cc3)cc2)cc1. The Morgan fingerprint density at radius 2 is 1.15 bits per heavy atom. The monoisotopic (exact) mass is 446 g/mol. The largest absolute Gasteiger partial charge is 0.491 e. The number of nitrogens with one attached hydrogen (secondary N) is 2. The molecule has 0 fully saturated rings. The first-order valence-electron chi connectivity index (χ1n) is 10.8. The van der Waals surface area contributed by atoms with Gasteiger partial charge in [-0.25, -0.2) is 0 Å². The van der Waals surface area contributed by atoms with Crippen molar-refractivity contribution < 1.29 is 19.1 Å². The van der Waals surface area contributed by atoms with Gasteiger partial charge in [-0.3, -0.25) is 9.59 Å². The van der Waals surface area contributed by atoms with Crippen molar-refractivity contribution in [1.29, 1.82) is 0 Å². The lowest BCUT2D eigenvalue weighted by Gasteiger charge is -2.19. The zero-order valence-corrected chi connectivity index (χ0v) is 19.5. The van der Waals surface area contributed by atoms with Gasteiger partial charge in [-0.1, -0.05) is 32.9 Å². The zero-order valence-electron chi connectivity index (χ0n) is 19.5. The van der Waals surface area contributed by atoms with Crippen molar-refractivity contribution in [1.82, 2.24) is 0 Å². The van der Waals surface area contributed by atoms with Crippen molar-refractivity contribution in [3.63, 3.8) is 0 Å². The van der Waals surface area contributed by atoms with Crippen LogP contribution in [0.5, 0.6) is 5.75 Å². The van der Waals surface area contributed by atoms with E-state index in [-0.39, 0.29) is 17.2 Å². The van der Waals surface area contributed by atoms with E-state index in [0.717, 1.165) is 0 Å². The molecule has 2 N–H and O–H groups in total. The van der Waals surface area contributed by atoms with E-state index in [1.54, 1.807) is 55.6 Å². The summed E-state index contributed by atoms with van der Waals surface area (Å²) in [5.74, 6) is 0.269. The van der Waals surface area contributed by atoms with Gasteiger partial charge in [0.1, 0.15) is 12.4 Å². The van der Waals surface area contributed by atoms with E-state index >= 15 is 0 Å². The maximum atomic E-state index is 12.5. The first kappa shape index (κ1) is 24.0. The van der Waals surface area contributed by atoms with Crippen LogP contribution < -0.4 is 15.4 Å². The molecule has 0 aliphatic heterocycles. The predicted molar refractivity (Wildman–Crippen MR) is 131 cm³/mol. The molecule has 6 nitrogen and oxygen atoms in total. The fourth-order valence-electron chi connectivity index (χ4n) is 3.11. The van der Waals surface area contributed by atoms with Gasteiger partial charge in [0.15, 0.2) is 0 Å². The summed E-state index contributed by atoms with van der Waals surface area (Å²) in [7, 11) is 1.61. The van der Waals surface area contributed by atoms with Crippen LogP contribution in [0.4, 0.5) is 11.4 Å². The van der Waals surface area contributed by atoms with Crippen LogP contribution in [0.15, 0.2) is 72.8 Å². The van der Waals surface area contributed by atoms with Gasteiger partial charge in [-0.15, -0.1) is 0 Å². The van der Waals surface area contributed by atoms with Gasteiger partial charge in [-0.05, 0) is 71.6 Å². The minimum Gasteiger partial charge on any atom is -0.491 e. The molecule has 0 aliphatic carbocycles. The number of anilines is 2. The van der Waals surface area contributed by atoms with E-state index in [9.17, 15) is 9.59 Å². The molecule has 2 amide bonds. The Kier molecular flexibility index (Phi) is 7.85. The number of carbonyl (C=O) groups is 2. The maximum Gasteiger partial charge on any atom is 0.255 e. The molecule has 6 heteroatoms. The lowest BCUT2D eigenvalue weighted by molar-refractivity contribution is 0.101. The topological polar surface area (TPSA) is 76.7 Å². The van der Waals surface area contributed by atoms with Crippen molar-refractivity contribution in [3.05, 3.63) is 89.5 Å². The van der Waals surface area contributed by atoms with Crippen LogP contribution in [0.2, 0.25) is 0 Å². The smallest absolute Gasteiger partial charge is 0.255 e. The average molecular weight is 447 g/mol. The van der Waals surface area contributed by atoms with Crippen LogP contribution in [0.3, 0.4) is 0 Å². The molecule has 0 heterocycles. The van der Waals surface area contributed by atoms with E-state index in [1.807, 2.05) is 24.3 Å². The summed E-state index contributed by atoms with van der Waals surface area (Å²) in [5, 5.41) is 5.73. The van der Waals surface area contributed by atoms with Gasteiger partial charge in [0.25, 0.3) is 11.8 Å². The zero-order chi connectivity index (χ0) is 23.8. The Morgan fingerprint density at radius 3 is 1.58 bits per heavy atom. The van der Waals surface area contributed by atoms with Gasteiger partial charge in [0, 0.05) is 29.6 Å². The number of rotatable bonds is 8. The highest BCUT2D eigenvalue weighted by atomic mass is 16.5. The van der Waals surface area contributed by atoms with Crippen LogP contribution in [-0.4, -0.2) is 32.1 Å². The first-order chi connectivity index (χ1) is 15.8. The Balaban J connectivity index is 1.55. The third kappa shape index (κ3) is 6.92. The predicted octanol–water partition coefficient (Wildman–Crippen LogP) is 5.51. The van der Waals surface area contributed by atoms with Gasteiger partial charge in [0.2, 0.25) is 0 Å². The summed E-state index contributed by atoms with van der Waals surface area (Å²) in [5.41, 5.74) is 3.60. The van der Waals surface area contributed by atoms with Gasteiger partial charge < -0.3 is 20.1 Å². The molecule has 0 saturated carbocycles. The molecular weight excluding hydrogens is 416 g/mol. The van der Waals surface area contributed by atoms with Gasteiger partial charge >= 0.3 is 0 Å². The molecular formula is C27H30N2O4. The summed E-state index contributed by atoms with van der Waals surface area (Å²) in [6.07, 6.45) is 0. The van der Waals surface area contributed by atoms with Crippen molar-refractivity contribution in [3.8, 4) is 5.75 Å². The number of hydrogen-bond donors (Lipinski definition) is 2. The highest BCUT2D eigenvalue weighted by Crippen LogP contribution is 2.23. The third-order valence-corrected chi connectivity index (χ3v) is 5.09. The molecule has 3 aromatic rings. The van der Waals surface area contributed by atoms with Crippen LogP contribution in [-0.2, 0) is 10.2 Å². The van der Waals surface area contributed by atoms with Crippen LogP contribution in [0, 0.1) is 0 Å². The second kappa shape index (κ2) is 10.8. The molecule has 0 atom stereocenters. The summed E-state index contributed by atoms with van der Waals surface area (Å²) in [6, 6.07) is 21.5. The molecule has 172 valence electrons. The number of methoxy groups -OCH3 is 1. The lowest BCUT2D eigenvalue weighted by atomic mass is 9.87. The second-order valence-electron chi connectivity index (χ2n) is 8.68. The Morgan fingerprint density at radius 1 is 0.697 bits per heavy atom. The molecule has 33 heavy (non-hydrogen) atoms. The molecule has 0 unspecified atom stereocenters. The molecule has 0 bridgehead atoms. The van der Waals surface area contributed by atoms with Crippen molar-refractivity contribution in [2.45, 2.75) is 26.2 Å². The quantitative estimate of drug-likeness (QED) is 0.447. The minimum absolute atomic E-state index is 0.0369. The molecule has 0 saturated heterocycles. The Labute approximate surface area is 194 Å². The fraction of sp³-hybridized carbons (Fsp3) is 0.259. The molecule has 0 radical (unpaired) electrons. The first-order valence-corrected chi connectivity index (χ1v) is 10.8. The van der Waals surface area contributed by atoms with Crippen LogP contribution in [0.1, 0.15) is 47.1 Å². The van der Waals surface area contributed by atoms with Crippen molar-refractivity contribution >= 4 is 23.2 Å². The van der Waals surface area contributed by atoms with Crippen LogP contribution in [0.25, 0.3) is 0 Å². The Hall–Kier alpha value is -3.64. The number of carbonyl (C=O) groups excluding carboxylic acids is 2. The molecule has 3 aromatic carbocycles. The highest BCUT2D eigenvalue weighted by molar-refractivity contribution is 6.05. The normalized spacial score (nSPS) is 11.0. The summed E-state index contributed by atoms with van der Waals surface area (Å²) in [6.45, 7) is 7.36.